The van der Waals surface area contributed by atoms with Gasteiger partial charge in [-0.1, -0.05) is 30.7 Å². The maximum Gasteiger partial charge on any atom is 0.326 e. The van der Waals surface area contributed by atoms with E-state index in [2.05, 4.69) is 5.32 Å². The number of carbonyl (C=O) groups is 3. The Labute approximate surface area is 133 Å². The number of esters is 1. The number of halogens is 1. The van der Waals surface area contributed by atoms with E-state index in [4.69, 9.17) is 16.3 Å². The van der Waals surface area contributed by atoms with Gasteiger partial charge in [-0.2, -0.15) is 0 Å². The van der Waals surface area contributed by atoms with Gasteiger partial charge in [-0.3, -0.25) is 9.59 Å². The predicted octanol–water partition coefficient (Wildman–Crippen LogP) is 2.11. The summed E-state index contributed by atoms with van der Waals surface area (Å²) in [4.78, 5) is 34.9. The lowest BCUT2D eigenvalue weighted by Gasteiger charge is -2.18. The fourth-order valence-corrected chi connectivity index (χ4v) is 2.06. The predicted molar refractivity (Wildman–Crippen MR) is 80.8 cm³/mol. The molecule has 0 fully saturated rings. The molecule has 0 saturated heterocycles. The Hall–Kier alpha value is -2.08. The summed E-state index contributed by atoms with van der Waals surface area (Å²) in [6.45, 7) is 3.43. The molecule has 0 saturated carbocycles. The second kappa shape index (κ2) is 8.38. The van der Waals surface area contributed by atoms with Crippen LogP contribution in [0.15, 0.2) is 24.3 Å². The van der Waals surface area contributed by atoms with Crippen LogP contribution in [0.5, 0.6) is 0 Å². The van der Waals surface area contributed by atoms with Crippen LogP contribution in [0.1, 0.15) is 30.6 Å². The first-order chi connectivity index (χ1) is 10.4. The van der Waals surface area contributed by atoms with Crippen molar-refractivity contribution in [1.82, 2.24) is 5.32 Å². The molecule has 0 aromatic heterocycles. The summed E-state index contributed by atoms with van der Waals surface area (Å²) in [7, 11) is 0. The Morgan fingerprint density at radius 3 is 2.50 bits per heavy atom. The van der Waals surface area contributed by atoms with Crippen LogP contribution in [0.3, 0.4) is 0 Å². The summed E-state index contributed by atoms with van der Waals surface area (Å²) >= 11 is 5.90. The van der Waals surface area contributed by atoms with Crippen LogP contribution < -0.4 is 5.32 Å². The Morgan fingerprint density at radius 1 is 1.32 bits per heavy atom. The highest BCUT2D eigenvalue weighted by Crippen LogP contribution is 2.16. The first-order valence-electron chi connectivity index (χ1n) is 6.81. The van der Waals surface area contributed by atoms with Crippen molar-refractivity contribution in [3.63, 3.8) is 0 Å². The van der Waals surface area contributed by atoms with Crippen LogP contribution in [0.4, 0.5) is 0 Å². The molecule has 0 spiro atoms. The number of nitrogens with one attached hydrogen (secondary N) is 1. The minimum Gasteiger partial charge on any atom is -0.480 e. The summed E-state index contributed by atoms with van der Waals surface area (Å²) in [5.74, 6) is -2.97. The van der Waals surface area contributed by atoms with Crippen LogP contribution in [-0.2, 0) is 14.3 Å². The molecule has 0 aliphatic carbocycles. The summed E-state index contributed by atoms with van der Waals surface area (Å²) in [5, 5.41) is 11.8. The van der Waals surface area contributed by atoms with Gasteiger partial charge in [0.15, 0.2) is 0 Å². The zero-order valence-corrected chi connectivity index (χ0v) is 13.1. The van der Waals surface area contributed by atoms with Crippen LogP contribution in [0.2, 0.25) is 5.02 Å². The topological polar surface area (TPSA) is 92.7 Å². The standard InChI is InChI=1S/C15H18ClNO5/c1-3-22-15(21)9(2)8-12(14(19)20)17-13(18)10-6-4-5-7-11(10)16/h4-7,9,12H,3,8H2,1-2H3,(H,17,18)(H,19,20)/t9-,12-/m0/s1. The molecular weight excluding hydrogens is 310 g/mol. The first kappa shape index (κ1) is 18.0. The average Bonchev–Trinajstić information content (AvgIpc) is 2.46. The van der Waals surface area contributed by atoms with E-state index in [0.717, 1.165) is 0 Å². The van der Waals surface area contributed by atoms with E-state index >= 15 is 0 Å². The van der Waals surface area contributed by atoms with Crippen molar-refractivity contribution in [2.75, 3.05) is 6.61 Å². The Kier molecular flexibility index (Phi) is 6.85. The maximum absolute atomic E-state index is 12.1. The zero-order valence-electron chi connectivity index (χ0n) is 12.3. The van der Waals surface area contributed by atoms with E-state index in [1.807, 2.05) is 0 Å². The largest absolute Gasteiger partial charge is 0.480 e. The lowest BCUT2D eigenvalue weighted by atomic mass is 10.0. The minimum atomic E-state index is -1.23. The van der Waals surface area contributed by atoms with Gasteiger partial charge in [-0.05, 0) is 25.5 Å². The van der Waals surface area contributed by atoms with Crippen molar-refractivity contribution in [3.8, 4) is 0 Å². The smallest absolute Gasteiger partial charge is 0.326 e. The van der Waals surface area contributed by atoms with Crippen LogP contribution in [0, 0.1) is 5.92 Å². The van der Waals surface area contributed by atoms with Gasteiger partial charge in [-0.25, -0.2) is 4.79 Å². The zero-order chi connectivity index (χ0) is 16.7. The molecule has 2 atom stereocenters. The fraction of sp³-hybridized carbons (Fsp3) is 0.400. The molecule has 0 unspecified atom stereocenters. The number of carboxylic acids is 1. The molecule has 1 aromatic carbocycles. The lowest BCUT2D eigenvalue weighted by Crippen LogP contribution is -2.42. The molecule has 0 aliphatic heterocycles. The number of benzene rings is 1. The summed E-state index contributed by atoms with van der Waals surface area (Å²) < 4.78 is 4.83. The minimum absolute atomic E-state index is 0.0651. The van der Waals surface area contributed by atoms with Crippen molar-refractivity contribution in [2.24, 2.45) is 5.92 Å². The van der Waals surface area contributed by atoms with Crippen molar-refractivity contribution >= 4 is 29.4 Å². The summed E-state index contributed by atoms with van der Waals surface area (Å²) in [6, 6.07) is 5.11. The normalized spacial score (nSPS) is 13.0. The monoisotopic (exact) mass is 327 g/mol. The van der Waals surface area contributed by atoms with Gasteiger partial charge in [0.25, 0.3) is 5.91 Å². The van der Waals surface area contributed by atoms with Crippen molar-refractivity contribution < 1.29 is 24.2 Å². The molecule has 0 bridgehead atoms. The number of hydrogen-bond acceptors (Lipinski definition) is 4. The average molecular weight is 328 g/mol. The van der Waals surface area contributed by atoms with Gasteiger partial charge < -0.3 is 15.2 Å². The van der Waals surface area contributed by atoms with Crippen LogP contribution in [-0.4, -0.2) is 35.6 Å². The van der Waals surface area contributed by atoms with Crippen LogP contribution >= 0.6 is 11.6 Å². The molecule has 120 valence electrons. The molecule has 0 radical (unpaired) electrons. The molecule has 1 rings (SSSR count). The second-order valence-corrected chi connectivity index (χ2v) is 5.14. The Bertz CT molecular complexity index is 561. The molecule has 7 heteroatoms. The third-order valence-electron chi connectivity index (χ3n) is 3.00. The number of ether oxygens (including phenoxy) is 1. The van der Waals surface area contributed by atoms with E-state index in [1.54, 1.807) is 26.0 Å². The first-order valence-corrected chi connectivity index (χ1v) is 7.19. The lowest BCUT2D eigenvalue weighted by molar-refractivity contribution is -0.148. The van der Waals surface area contributed by atoms with E-state index in [0.29, 0.717) is 0 Å². The molecule has 6 nitrogen and oxygen atoms in total. The molecule has 0 heterocycles. The third-order valence-corrected chi connectivity index (χ3v) is 3.33. The van der Waals surface area contributed by atoms with E-state index in [1.165, 1.54) is 12.1 Å². The highest BCUT2D eigenvalue weighted by molar-refractivity contribution is 6.33. The van der Waals surface area contributed by atoms with Crippen molar-refractivity contribution in [1.29, 1.82) is 0 Å². The molecule has 2 N–H and O–H groups in total. The van der Waals surface area contributed by atoms with Gasteiger partial charge >= 0.3 is 11.9 Å². The van der Waals surface area contributed by atoms with Gasteiger partial charge in [0.1, 0.15) is 6.04 Å². The van der Waals surface area contributed by atoms with E-state index in [9.17, 15) is 19.5 Å². The molecule has 1 amide bonds. The molecular formula is C15H18ClNO5. The van der Waals surface area contributed by atoms with Gasteiger partial charge in [-0.15, -0.1) is 0 Å². The van der Waals surface area contributed by atoms with Gasteiger partial charge in [0, 0.05) is 0 Å². The van der Waals surface area contributed by atoms with Gasteiger partial charge in [0.2, 0.25) is 0 Å². The van der Waals surface area contributed by atoms with Crippen LogP contribution in [0.25, 0.3) is 0 Å². The summed E-state index contributed by atoms with van der Waals surface area (Å²) in [5.41, 5.74) is 0.180. The van der Waals surface area contributed by atoms with E-state index < -0.39 is 29.8 Å². The maximum atomic E-state index is 12.1. The highest BCUT2D eigenvalue weighted by Gasteiger charge is 2.27. The number of carbonyl (C=O) groups excluding carboxylic acids is 2. The van der Waals surface area contributed by atoms with Crippen molar-refractivity contribution in [2.45, 2.75) is 26.3 Å². The number of amides is 1. The Morgan fingerprint density at radius 2 is 1.95 bits per heavy atom. The second-order valence-electron chi connectivity index (χ2n) is 4.73. The highest BCUT2D eigenvalue weighted by atomic mass is 35.5. The van der Waals surface area contributed by atoms with Gasteiger partial charge in [0.05, 0.1) is 23.1 Å². The number of hydrogen-bond donors (Lipinski definition) is 2. The fourth-order valence-electron chi connectivity index (χ4n) is 1.84. The quantitative estimate of drug-likeness (QED) is 0.748. The molecule has 22 heavy (non-hydrogen) atoms. The Balaban J connectivity index is 2.77. The summed E-state index contributed by atoms with van der Waals surface area (Å²) in [6.07, 6.45) is -0.0651. The SMILES string of the molecule is CCOC(=O)[C@@H](C)C[C@H](NC(=O)c1ccccc1Cl)C(=O)O. The number of aliphatic carboxylic acids is 1. The number of carboxylic acid groups (broad SMARTS) is 1. The number of rotatable bonds is 7. The third kappa shape index (κ3) is 5.04. The van der Waals surface area contributed by atoms with E-state index in [-0.39, 0.29) is 23.6 Å². The van der Waals surface area contributed by atoms with Crippen molar-refractivity contribution in [3.05, 3.63) is 34.9 Å². The molecule has 0 aliphatic rings. The molecule has 1 aromatic rings.